The normalized spacial score (nSPS) is 25.4. The van der Waals surface area contributed by atoms with E-state index in [2.05, 4.69) is 21.4 Å². The van der Waals surface area contributed by atoms with Crippen molar-refractivity contribution in [1.29, 1.82) is 5.26 Å². The summed E-state index contributed by atoms with van der Waals surface area (Å²) in [5.41, 5.74) is 2.28. The van der Waals surface area contributed by atoms with Gasteiger partial charge in [0, 0.05) is 19.3 Å². The third-order valence-corrected chi connectivity index (χ3v) is 6.19. The van der Waals surface area contributed by atoms with Crippen molar-refractivity contribution in [2.24, 2.45) is 0 Å². The molecule has 0 radical (unpaired) electrons. The minimum absolute atomic E-state index is 0.126. The Bertz CT molecular complexity index is 1190. The van der Waals surface area contributed by atoms with Gasteiger partial charge >= 0.3 is 0 Å². The molecule has 0 bridgehead atoms. The summed E-state index contributed by atoms with van der Waals surface area (Å²) in [5, 5.41) is 33.4. The molecule has 4 atom stereocenters. The Morgan fingerprint density at radius 3 is 2.62 bits per heavy atom. The predicted molar refractivity (Wildman–Crippen MR) is 120 cm³/mol. The number of anilines is 1. The van der Waals surface area contributed by atoms with Gasteiger partial charge in [0.25, 0.3) is 0 Å². The summed E-state index contributed by atoms with van der Waals surface area (Å²) in [6.07, 6.45) is -0.629. The van der Waals surface area contributed by atoms with Gasteiger partial charge in [0.2, 0.25) is 11.8 Å². The summed E-state index contributed by atoms with van der Waals surface area (Å²) in [5.74, 6) is 0.736. The van der Waals surface area contributed by atoms with Gasteiger partial charge in [0.1, 0.15) is 25.1 Å². The number of rotatable bonds is 6. The van der Waals surface area contributed by atoms with E-state index in [-0.39, 0.29) is 18.5 Å². The molecule has 2 fully saturated rings. The molecule has 0 aliphatic carbocycles. The van der Waals surface area contributed by atoms with E-state index in [0.29, 0.717) is 35.9 Å². The summed E-state index contributed by atoms with van der Waals surface area (Å²) in [7, 11) is 0. The molecular weight excluding hydrogens is 440 g/mol. The molecule has 178 valence electrons. The molecule has 0 unspecified atom stereocenters. The lowest BCUT2D eigenvalue weighted by atomic mass is 10.1. The zero-order chi connectivity index (χ0) is 23.7. The number of nitrogens with zero attached hydrogens (tertiary/aromatic N) is 5. The number of nitrogens with one attached hydrogen (secondary N) is 1. The lowest BCUT2D eigenvalue weighted by Gasteiger charge is -2.25. The average Bonchev–Trinajstić information content (AvgIpc) is 3.35. The van der Waals surface area contributed by atoms with Crippen LogP contribution in [-0.4, -0.2) is 67.3 Å². The number of imidazole rings is 1. The molecule has 5 rings (SSSR count). The topological polar surface area (TPSA) is 148 Å². The molecule has 0 amide bonds. The lowest BCUT2D eigenvalue weighted by Crippen LogP contribution is -2.33. The quantitative estimate of drug-likeness (QED) is 0.488. The number of hydrogen-bond donors (Lipinski definition) is 3. The van der Waals surface area contributed by atoms with E-state index in [9.17, 15) is 10.2 Å². The van der Waals surface area contributed by atoms with Crippen LogP contribution < -0.4 is 10.1 Å². The Morgan fingerprint density at radius 2 is 1.94 bits per heavy atom. The van der Waals surface area contributed by atoms with Crippen molar-refractivity contribution in [3.63, 3.8) is 0 Å². The highest BCUT2D eigenvalue weighted by molar-refractivity contribution is 5.79. The first-order valence-corrected chi connectivity index (χ1v) is 11.3. The maximum atomic E-state index is 10.7. The van der Waals surface area contributed by atoms with Crippen LogP contribution in [0.5, 0.6) is 5.88 Å². The van der Waals surface area contributed by atoms with Gasteiger partial charge in [0.15, 0.2) is 17.4 Å². The van der Waals surface area contributed by atoms with Gasteiger partial charge in [-0.25, -0.2) is 9.97 Å². The van der Waals surface area contributed by atoms with Gasteiger partial charge in [0.05, 0.1) is 17.7 Å². The van der Waals surface area contributed by atoms with Crippen LogP contribution in [0, 0.1) is 11.3 Å². The van der Waals surface area contributed by atoms with Crippen LogP contribution >= 0.6 is 0 Å². The first-order chi connectivity index (χ1) is 16.5. The van der Waals surface area contributed by atoms with Gasteiger partial charge in [-0.1, -0.05) is 12.1 Å². The van der Waals surface area contributed by atoms with Gasteiger partial charge in [-0.2, -0.15) is 10.2 Å². The molecule has 4 heterocycles. The summed E-state index contributed by atoms with van der Waals surface area (Å²) in [6.45, 7) is 3.23. The standard InChI is InChI=1S/C23H26N6O5/c1-13-18(30)19(31)22(34-13)29-20-17(28-23(29)27-16-6-8-32-9-7-16)21(26-12-25-20)33-11-15-4-2-14(10-24)3-5-15/h2-5,12-13,16,18-19,22,30-31H,6-9,11H2,1H3,(H,27,28)/t13-,18-,19-,22-/m1/s1. The second-order valence-electron chi connectivity index (χ2n) is 8.50. The maximum absolute atomic E-state index is 10.7. The summed E-state index contributed by atoms with van der Waals surface area (Å²) >= 11 is 0. The van der Waals surface area contributed by atoms with Gasteiger partial charge in [-0.15, -0.1) is 0 Å². The molecule has 11 nitrogen and oxygen atoms in total. The van der Waals surface area contributed by atoms with Crippen molar-refractivity contribution in [3.05, 3.63) is 41.7 Å². The maximum Gasteiger partial charge on any atom is 0.245 e. The molecule has 0 spiro atoms. The smallest absolute Gasteiger partial charge is 0.245 e. The number of benzene rings is 1. The lowest BCUT2D eigenvalue weighted by molar-refractivity contribution is -0.0288. The minimum atomic E-state index is -1.15. The molecule has 2 aliphatic rings. The van der Waals surface area contributed by atoms with Crippen LogP contribution in [0.15, 0.2) is 30.6 Å². The zero-order valence-corrected chi connectivity index (χ0v) is 18.7. The van der Waals surface area contributed by atoms with Crippen molar-refractivity contribution >= 4 is 17.1 Å². The monoisotopic (exact) mass is 466 g/mol. The van der Waals surface area contributed by atoms with Crippen LogP contribution in [0.4, 0.5) is 5.95 Å². The number of aromatic nitrogens is 4. The average molecular weight is 466 g/mol. The Morgan fingerprint density at radius 1 is 1.18 bits per heavy atom. The van der Waals surface area contributed by atoms with E-state index in [1.54, 1.807) is 23.6 Å². The summed E-state index contributed by atoms with van der Waals surface area (Å²) in [6, 6.07) is 9.31. The minimum Gasteiger partial charge on any atom is -0.471 e. The van der Waals surface area contributed by atoms with E-state index in [1.807, 2.05) is 12.1 Å². The molecule has 3 N–H and O–H groups in total. The molecular formula is C23H26N6O5. The predicted octanol–water partition coefficient (Wildman–Crippen LogP) is 1.51. The fourth-order valence-electron chi connectivity index (χ4n) is 4.23. The molecule has 2 aromatic heterocycles. The van der Waals surface area contributed by atoms with Gasteiger partial charge in [-0.05, 0) is 37.5 Å². The molecule has 0 saturated carbocycles. The summed E-state index contributed by atoms with van der Waals surface area (Å²) < 4.78 is 19.0. The van der Waals surface area contributed by atoms with Crippen LogP contribution in [0.1, 0.15) is 37.1 Å². The number of hydrogen-bond acceptors (Lipinski definition) is 10. The van der Waals surface area contributed by atoms with Crippen LogP contribution in [0.3, 0.4) is 0 Å². The molecule has 34 heavy (non-hydrogen) atoms. The number of aliphatic hydroxyl groups is 2. The van der Waals surface area contributed by atoms with E-state index in [1.165, 1.54) is 6.33 Å². The third kappa shape index (κ3) is 4.28. The van der Waals surface area contributed by atoms with Crippen molar-refractivity contribution in [2.45, 2.75) is 57.0 Å². The fraction of sp³-hybridized carbons (Fsp3) is 0.478. The summed E-state index contributed by atoms with van der Waals surface area (Å²) in [4.78, 5) is 13.4. The van der Waals surface area contributed by atoms with Crippen LogP contribution in [0.2, 0.25) is 0 Å². The Hall–Kier alpha value is -3.30. The Labute approximate surface area is 195 Å². The van der Waals surface area contributed by atoms with Crippen molar-refractivity contribution in [1.82, 2.24) is 19.5 Å². The number of nitriles is 1. The zero-order valence-electron chi connectivity index (χ0n) is 18.7. The van der Waals surface area contributed by atoms with E-state index < -0.39 is 24.5 Å². The second-order valence-corrected chi connectivity index (χ2v) is 8.50. The third-order valence-electron chi connectivity index (χ3n) is 6.19. The molecule has 11 heteroatoms. The van der Waals surface area contributed by atoms with Crippen LogP contribution in [-0.2, 0) is 16.1 Å². The number of aliphatic hydroxyl groups excluding tert-OH is 2. The second kappa shape index (κ2) is 9.52. The highest BCUT2D eigenvalue weighted by atomic mass is 16.6. The SMILES string of the molecule is C[C@H]1O[C@@H](n2c(NC3CCOCC3)nc3c(OCc4ccc(C#N)cc4)ncnc32)[C@H](O)[C@@H]1O. The van der Waals surface area contributed by atoms with Crippen molar-refractivity contribution in [2.75, 3.05) is 18.5 Å². The Kier molecular flexibility index (Phi) is 6.30. The van der Waals surface area contributed by atoms with E-state index in [0.717, 1.165) is 18.4 Å². The van der Waals surface area contributed by atoms with Gasteiger partial charge < -0.3 is 29.7 Å². The van der Waals surface area contributed by atoms with Crippen molar-refractivity contribution in [3.8, 4) is 11.9 Å². The first kappa shape index (κ1) is 22.5. The fourth-order valence-corrected chi connectivity index (χ4v) is 4.23. The Balaban J connectivity index is 1.49. The highest BCUT2D eigenvalue weighted by Crippen LogP contribution is 2.36. The first-order valence-electron chi connectivity index (χ1n) is 11.3. The van der Waals surface area contributed by atoms with E-state index >= 15 is 0 Å². The molecule has 2 aliphatic heterocycles. The number of fused-ring (bicyclic) bond motifs is 1. The molecule has 3 aromatic rings. The van der Waals surface area contributed by atoms with Crippen LogP contribution in [0.25, 0.3) is 11.2 Å². The number of ether oxygens (including phenoxy) is 3. The molecule has 1 aromatic carbocycles. The van der Waals surface area contributed by atoms with Gasteiger partial charge in [-0.3, -0.25) is 4.57 Å². The highest BCUT2D eigenvalue weighted by Gasteiger charge is 2.43. The largest absolute Gasteiger partial charge is 0.471 e. The molecule has 2 saturated heterocycles. The van der Waals surface area contributed by atoms with E-state index in [4.69, 9.17) is 24.5 Å². The van der Waals surface area contributed by atoms with Crippen molar-refractivity contribution < 1.29 is 24.4 Å².